The molecule has 0 saturated heterocycles. The van der Waals surface area contributed by atoms with Gasteiger partial charge in [0.25, 0.3) is 0 Å². The Morgan fingerprint density at radius 2 is 1.29 bits per heavy atom. The number of hydrogen-bond donors (Lipinski definition) is 1. The van der Waals surface area contributed by atoms with E-state index in [0.717, 1.165) is 49.2 Å². The monoisotopic (exact) mass is 373 g/mol. The van der Waals surface area contributed by atoms with Crippen molar-refractivity contribution >= 4 is 43.6 Å². The molecule has 0 amide bonds. The molecule has 3 aromatic carbocycles. The molecule has 138 valence electrons. The van der Waals surface area contributed by atoms with Crippen LogP contribution in [-0.2, 0) is 14.1 Å². The molecule has 3 nitrogen and oxygen atoms in total. The first-order chi connectivity index (χ1) is 13.5. The molecule has 5 aromatic rings. The molecule has 0 bridgehead atoms. The molecule has 0 unspecified atom stereocenters. The molecule has 28 heavy (non-hydrogen) atoms. The molecular formula is C23H17F2N3. The van der Waals surface area contributed by atoms with E-state index in [1.807, 2.05) is 29.3 Å². The summed E-state index contributed by atoms with van der Waals surface area (Å²) < 4.78 is 32.0. The fourth-order valence-corrected chi connectivity index (χ4v) is 4.30. The summed E-state index contributed by atoms with van der Waals surface area (Å²) in [6.07, 6.45) is 0. The molecule has 2 heterocycles. The Hall–Kier alpha value is -3.36. The summed E-state index contributed by atoms with van der Waals surface area (Å²) in [5.41, 5.74) is 10.1. The third-order valence-electron chi connectivity index (χ3n) is 5.48. The van der Waals surface area contributed by atoms with Crippen LogP contribution < -0.4 is 5.73 Å². The minimum absolute atomic E-state index is 0.231. The maximum Gasteiger partial charge on any atom is 0.123 e. The summed E-state index contributed by atoms with van der Waals surface area (Å²) in [5, 5.41) is 3.40. The van der Waals surface area contributed by atoms with Crippen molar-refractivity contribution in [3.8, 4) is 11.8 Å². The van der Waals surface area contributed by atoms with Crippen LogP contribution in [0.15, 0.2) is 42.5 Å². The van der Waals surface area contributed by atoms with Crippen molar-refractivity contribution in [3.05, 3.63) is 59.7 Å². The van der Waals surface area contributed by atoms with E-state index in [1.165, 1.54) is 24.3 Å². The van der Waals surface area contributed by atoms with Gasteiger partial charge in [0.2, 0.25) is 0 Å². The van der Waals surface area contributed by atoms with E-state index in [2.05, 4.69) is 11.8 Å². The van der Waals surface area contributed by atoms with Crippen LogP contribution in [0.25, 0.3) is 43.6 Å². The quantitative estimate of drug-likeness (QED) is 0.397. The number of halogens is 2. The Kier molecular flexibility index (Phi) is 3.49. The molecule has 5 heteroatoms. The van der Waals surface area contributed by atoms with Gasteiger partial charge in [0.15, 0.2) is 0 Å². The van der Waals surface area contributed by atoms with E-state index in [9.17, 15) is 8.78 Å². The molecule has 2 aromatic heterocycles. The lowest BCUT2D eigenvalue weighted by molar-refractivity contribution is 0.629. The second-order valence-corrected chi connectivity index (χ2v) is 6.99. The van der Waals surface area contributed by atoms with E-state index >= 15 is 0 Å². The first-order valence-electron chi connectivity index (χ1n) is 8.98. The zero-order valence-corrected chi connectivity index (χ0v) is 15.5. The van der Waals surface area contributed by atoms with Gasteiger partial charge in [-0.25, -0.2) is 8.78 Å². The molecule has 0 spiro atoms. The van der Waals surface area contributed by atoms with Crippen LogP contribution in [0.2, 0.25) is 0 Å². The minimum Gasteiger partial charge on any atom is -0.343 e. The third-order valence-corrected chi connectivity index (χ3v) is 5.48. The van der Waals surface area contributed by atoms with E-state index < -0.39 is 0 Å². The fourth-order valence-electron chi connectivity index (χ4n) is 4.30. The number of rotatable bonds is 0. The minimum atomic E-state index is -0.293. The number of fused-ring (bicyclic) bond motifs is 6. The highest BCUT2D eigenvalue weighted by Gasteiger charge is 2.19. The smallest absolute Gasteiger partial charge is 0.123 e. The summed E-state index contributed by atoms with van der Waals surface area (Å²) in [4.78, 5) is 0. The largest absolute Gasteiger partial charge is 0.343 e. The van der Waals surface area contributed by atoms with Crippen LogP contribution in [0.5, 0.6) is 0 Å². The maximum atomic E-state index is 14.0. The maximum absolute atomic E-state index is 14.0. The van der Waals surface area contributed by atoms with Crippen molar-refractivity contribution in [2.75, 3.05) is 6.54 Å². The summed E-state index contributed by atoms with van der Waals surface area (Å²) >= 11 is 0. The van der Waals surface area contributed by atoms with Gasteiger partial charge in [0.05, 0.1) is 23.1 Å². The topological polar surface area (TPSA) is 35.9 Å². The predicted molar refractivity (Wildman–Crippen MR) is 110 cm³/mol. The van der Waals surface area contributed by atoms with E-state index in [4.69, 9.17) is 5.73 Å². The Bertz CT molecular complexity index is 1390. The molecular weight excluding hydrogens is 356 g/mol. The lowest BCUT2D eigenvalue weighted by Gasteiger charge is -2.06. The normalized spacial score (nSPS) is 11.6. The number of aryl methyl sites for hydroxylation is 2. The lowest BCUT2D eigenvalue weighted by Crippen LogP contribution is -1.97. The summed E-state index contributed by atoms with van der Waals surface area (Å²) in [7, 11) is 3.90. The Labute approximate surface area is 159 Å². The molecule has 0 saturated carbocycles. The predicted octanol–water partition coefficient (Wildman–Crippen LogP) is 4.56. The van der Waals surface area contributed by atoms with Crippen molar-refractivity contribution in [2.45, 2.75) is 0 Å². The highest BCUT2D eigenvalue weighted by atomic mass is 19.1. The van der Waals surface area contributed by atoms with Gasteiger partial charge in [-0.2, -0.15) is 0 Å². The number of nitrogens with zero attached hydrogens (tertiary/aromatic N) is 2. The van der Waals surface area contributed by atoms with Gasteiger partial charge < -0.3 is 14.9 Å². The van der Waals surface area contributed by atoms with Crippen molar-refractivity contribution in [1.82, 2.24) is 9.13 Å². The van der Waals surface area contributed by atoms with Crippen molar-refractivity contribution < 1.29 is 8.78 Å². The molecule has 0 aliphatic heterocycles. The van der Waals surface area contributed by atoms with E-state index in [0.29, 0.717) is 0 Å². The van der Waals surface area contributed by atoms with Gasteiger partial charge in [-0.15, -0.1) is 0 Å². The molecule has 0 radical (unpaired) electrons. The highest BCUT2D eigenvalue weighted by Crippen LogP contribution is 2.39. The first-order valence-corrected chi connectivity index (χ1v) is 8.98. The molecule has 2 N–H and O–H groups in total. The first kappa shape index (κ1) is 16.8. The second-order valence-electron chi connectivity index (χ2n) is 6.99. The zero-order valence-electron chi connectivity index (χ0n) is 15.5. The third kappa shape index (κ3) is 2.12. The molecule has 0 fully saturated rings. The van der Waals surface area contributed by atoms with E-state index in [-0.39, 0.29) is 18.2 Å². The molecule has 0 aliphatic carbocycles. The van der Waals surface area contributed by atoms with Crippen LogP contribution in [0.1, 0.15) is 5.56 Å². The number of benzene rings is 3. The lowest BCUT2D eigenvalue weighted by atomic mass is 10.0. The number of aromatic nitrogens is 2. The number of nitrogens with two attached hydrogens (primary N) is 1. The van der Waals surface area contributed by atoms with E-state index in [1.54, 1.807) is 12.1 Å². The number of hydrogen-bond acceptors (Lipinski definition) is 1. The highest BCUT2D eigenvalue weighted by molar-refractivity contribution is 6.20. The summed E-state index contributed by atoms with van der Waals surface area (Å²) in [6.45, 7) is 0.231. The van der Waals surface area contributed by atoms with Gasteiger partial charge >= 0.3 is 0 Å². The van der Waals surface area contributed by atoms with Crippen LogP contribution in [0.3, 0.4) is 0 Å². The summed E-state index contributed by atoms with van der Waals surface area (Å²) in [6, 6.07) is 11.5. The summed E-state index contributed by atoms with van der Waals surface area (Å²) in [5.74, 6) is 5.59. The fraction of sp³-hybridized carbons (Fsp3) is 0.130. The van der Waals surface area contributed by atoms with Crippen molar-refractivity contribution in [1.29, 1.82) is 0 Å². The zero-order chi connectivity index (χ0) is 19.6. The van der Waals surface area contributed by atoms with Gasteiger partial charge in [0, 0.05) is 46.7 Å². The van der Waals surface area contributed by atoms with Gasteiger partial charge in [-0.05, 0) is 42.5 Å². The Balaban J connectivity index is 2.13. The average molecular weight is 373 g/mol. The molecule has 0 atom stereocenters. The SMILES string of the molecule is Cn1c2ccc(F)cc2c2cc3c4cc(F)ccc4n(C)c3c(C#CCN)c21. The van der Waals surface area contributed by atoms with Crippen LogP contribution >= 0.6 is 0 Å². The second kappa shape index (κ2) is 5.82. The molecule has 5 rings (SSSR count). The van der Waals surface area contributed by atoms with Crippen LogP contribution in [0.4, 0.5) is 8.78 Å². The van der Waals surface area contributed by atoms with Crippen LogP contribution in [-0.4, -0.2) is 15.7 Å². The van der Waals surface area contributed by atoms with Gasteiger partial charge in [-0.1, -0.05) is 11.8 Å². The van der Waals surface area contributed by atoms with Crippen LogP contribution in [0, 0.1) is 23.5 Å². The standard InChI is InChI=1S/C23H17F2N3/c1-27-20-7-5-13(24)10-16(20)18-12-19-17-11-14(25)6-8-21(17)28(2)23(19)15(22(18)27)4-3-9-26/h5-8,10-12H,9,26H2,1-2H3. The Morgan fingerprint density at radius 1 is 0.786 bits per heavy atom. The molecule has 0 aliphatic rings. The van der Waals surface area contributed by atoms with Crippen molar-refractivity contribution in [3.63, 3.8) is 0 Å². The Morgan fingerprint density at radius 3 is 1.75 bits per heavy atom. The van der Waals surface area contributed by atoms with Gasteiger partial charge in [0.1, 0.15) is 11.6 Å². The van der Waals surface area contributed by atoms with Gasteiger partial charge in [-0.3, -0.25) is 0 Å². The van der Waals surface area contributed by atoms with Crippen molar-refractivity contribution in [2.24, 2.45) is 19.8 Å². The average Bonchev–Trinajstić information content (AvgIpc) is 3.11.